The van der Waals surface area contributed by atoms with E-state index in [2.05, 4.69) is 14.8 Å². The number of hydrogen-bond donors (Lipinski definition) is 0. The van der Waals surface area contributed by atoms with Crippen LogP contribution in [0.3, 0.4) is 0 Å². The van der Waals surface area contributed by atoms with Gasteiger partial charge in [0.1, 0.15) is 0 Å². The Labute approximate surface area is 88.3 Å². The Morgan fingerprint density at radius 3 is 2.58 bits per heavy atom. The SMILES string of the molecule is [C-]#[N+]C1=NC(Cl)=NC(Cl)(Cl)N1Cl. The number of aliphatic imine (C=N–C) groups is 2. The average Bonchev–Trinajstić information content (AvgIpc) is 1.96. The normalized spacial score (nSPS) is 21.1. The molecule has 4 nitrogen and oxygen atoms in total. The van der Waals surface area contributed by atoms with E-state index in [0.29, 0.717) is 4.42 Å². The first kappa shape index (κ1) is 9.87. The lowest BCUT2D eigenvalue weighted by Crippen LogP contribution is -2.37. The number of amidine groups is 1. The maximum Gasteiger partial charge on any atom is 0.357 e. The number of nitrogens with zero attached hydrogens (tertiary/aromatic N) is 4. The molecule has 0 unspecified atom stereocenters. The van der Waals surface area contributed by atoms with Gasteiger partial charge in [-0.15, -0.1) is 11.6 Å². The summed E-state index contributed by atoms with van der Waals surface area (Å²) in [5, 5.41) is -0.206. The summed E-state index contributed by atoms with van der Waals surface area (Å²) in [6, 6.07) is 0. The Morgan fingerprint density at radius 2 is 2.08 bits per heavy atom. The lowest BCUT2D eigenvalue weighted by Gasteiger charge is -2.23. The number of rotatable bonds is 0. The van der Waals surface area contributed by atoms with Crippen LogP contribution >= 0.6 is 46.6 Å². The zero-order valence-electron chi connectivity index (χ0n) is 5.30. The molecule has 0 N–H and O–H groups in total. The van der Waals surface area contributed by atoms with Gasteiger partial charge in [0.2, 0.25) is 0 Å². The highest BCUT2D eigenvalue weighted by molar-refractivity contribution is 6.67. The van der Waals surface area contributed by atoms with Crippen molar-refractivity contribution in [1.82, 2.24) is 4.42 Å². The molecule has 0 amide bonds. The maximum atomic E-state index is 6.63. The highest BCUT2D eigenvalue weighted by Gasteiger charge is 2.40. The van der Waals surface area contributed by atoms with Crippen LogP contribution in [0.5, 0.6) is 0 Å². The summed E-state index contributed by atoms with van der Waals surface area (Å²) < 4.78 is -1.07. The smallest absolute Gasteiger partial charge is 0.357 e. The second kappa shape index (κ2) is 3.27. The van der Waals surface area contributed by atoms with Crippen molar-refractivity contribution in [2.24, 2.45) is 9.98 Å². The predicted octanol–water partition coefficient (Wildman–Crippen LogP) is 2.41. The molecular formula is C4Cl4N4. The molecule has 0 radical (unpaired) electrons. The topological polar surface area (TPSA) is 32.3 Å². The van der Waals surface area contributed by atoms with Gasteiger partial charge in [-0.3, -0.25) is 0 Å². The van der Waals surface area contributed by atoms with Gasteiger partial charge in [-0.05, 0) is 34.8 Å². The Morgan fingerprint density at radius 1 is 1.50 bits per heavy atom. The second-order valence-electron chi connectivity index (χ2n) is 1.69. The molecule has 0 aromatic rings. The van der Waals surface area contributed by atoms with Crippen molar-refractivity contribution >= 4 is 57.8 Å². The molecule has 0 spiro atoms. The van der Waals surface area contributed by atoms with Gasteiger partial charge in [-0.25, -0.2) is 0 Å². The maximum absolute atomic E-state index is 6.63. The van der Waals surface area contributed by atoms with Gasteiger partial charge < -0.3 is 4.85 Å². The quantitative estimate of drug-likeness (QED) is 0.279. The van der Waals surface area contributed by atoms with E-state index < -0.39 is 4.58 Å². The molecule has 0 aromatic carbocycles. The fourth-order valence-corrected chi connectivity index (χ4v) is 1.20. The highest BCUT2D eigenvalue weighted by Crippen LogP contribution is 2.33. The molecular weight excluding hydrogens is 246 g/mol. The van der Waals surface area contributed by atoms with Crippen molar-refractivity contribution in [3.8, 4) is 0 Å². The molecule has 0 saturated heterocycles. The summed E-state index contributed by atoms with van der Waals surface area (Å²) in [5.74, 6) is -0.221. The lowest BCUT2D eigenvalue weighted by molar-refractivity contribution is 0.554. The first-order valence-corrected chi connectivity index (χ1v) is 4.00. The third kappa shape index (κ3) is 1.75. The van der Waals surface area contributed by atoms with E-state index in [4.69, 9.17) is 53.2 Å². The van der Waals surface area contributed by atoms with Crippen LogP contribution in [0.2, 0.25) is 0 Å². The van der Waals surface area contributed by atoms with Crippen molar-refractivity contribution in [2.45, 2.75) is 4.58 Å². The van der Waals surface area contributed by atoms with Crippen LogP contribution in [0.4, 0.5) is 0 Å². The van der Waals surface area contributed by atoms with Crippen molar-refractivity contribution in [3.63, 3.8) is 0 Å². The highest BCUT2D eigenvalue weighted by atomic mass is 35.5. The molecule has 0 aliphatic carbocycles. The molecule has 1 rings (SSSR count). The average molecular weight is 246 g/mol. The minimum Gasteiger partial charge on any atom is -0.395 e. The Hall–Kier alpha value is -0.210. The van der Waals surface area contributed by atoms with E-state index in [-0.39, 0.29) is 11.3 Å². The van der Waals surface area contributed by atoms with Crippen LogP contribution in [0.25, 0.3) is 4.85 Å². The van der Waals surface area contributed by atoms with Crippen molar-refractivity contribution < 1.29 is 0 Å². The van der Waals surface area contributed by atoms with Gasteiger partial charge in [0.25, 0.3) is 5.29 Å². The lowest BCUT2D eigenvalue weighted by atomic mass is 10.8. The molecule has 0 fully saturated rings. The van der Waals surface area contributed by atoms with Crippen LogP contribution < -0.4 is 0 Å². The number of alkyl halides is 2. The van der Waals surface area contributed by atoms with Crippen molar-refractivity contribution in [1.29, 1.82) is 0 Å². The molecule has 12 heavy (non-hydrogen) atoms. The number of guanidine groups is 1. The van der Waals surface area contributed by atoms with E-state index >= 15 is 0 Å². The molecule has 1 aliphatic heterocycles. The standard InChI is InChI=1S/C4Cl4N4/c1-9-3-10-2(5)11-4(6,7)12(3)8. The second-order valence-corrected chi connectivity index (χ2v) is 3.62. The van der Waals surface area contributed by atoms with Crippen LogP contribution in [0, 0.1) is 6.57 Å². The summed E-state index contributed by atoms with van der Waals surface area (Å²) >= 11 is 22.0. The van der Waals surface area contributed by atoms with Gasteiger partial charge in [0.05, 0.1) is 11.8 Å². The number of halogens is 4. The minimum atomic E-state index is -1.76. The fraction of sp³-hybridized carbons (Fsp3) is 0.250. The third-order valence-corrected chi connectivity index (χ3v) is 2.18. The van der Waals surface area contributed by atoms with Crippen LogP contribution in [-0.4, -0.2) is 20.3 Å². The van der Waals surface area contributed by atoms with E-state index in [1.54, 1.807) is 0 Å². The monoisotopic (exact) mass is 244 g/mol. The van der Waals surface area contributed by atoms with E-state index in [1.807, 2.05) is 0 Å². The summed E-state index contributed by atoms with van der Waals surface area (Å²) in [6.07, 6.45) is 0. The van der Waals surface area contributed by atoms with Gasteiger partial charge in [0, 0.05) is 0 Å². The summed E-state index contributed by atoms with van der Waals surface area (Å²) in [4.78, 5) is 9.88. The number of hydrogen-bond acceptors (Lipinski definition) is 3. The first-order valence-electron chi connectivity index (χ1n) is 2.52. The molecule has 0 bridgehead atoms. The van der Waals surface area contributed by atoms with Crippen LogP contribution in [0.15, 0.2) is 9.98 Å². The van der Waals surface area contributed by atoms with Crippen molar-refractivity contribution in [3.05, 3.63) is 11.4 Å². The zero-order valence-corrected chi connectivity index (χ0v) is 8.32. The van der Waals surface area contributed by atoms with Crippen LogP contribution in [-0.2, 0) is 0 Å². The molecule has 0 aromatic heterocycles. The Bertz CT molecular complexity index is 301. The van der Waals surface area contributed by atoms with E-state index in [0.717, 1.165) is 0 Å². The van der Waals surface area contributed by atoms with Crippen molar-refractivity contribution in [2.75, 3.05) is 0 Å². The van der Waals surface area contributed by atoms with Gasteiger partial charge in [-0.2, -0.15) is 9.41 Å². The third-order valence-electron chi connectivity index (χ3n) is 0.931. The zero-order chi connectivity index (χ0) is 9.35. The molecule has 8 heteroatoms. The van der Waals surface area contributed by atoms with E-state index in [1.165, 1.54) is 0 Å². The molecule has 64 valence electrons. The minimum absolute atomic E-state index is 0.206. The van der Waals surface area contributed by atoms with Crippen LogP contribution in [0.1, 0.15) is 0 Å². The van der Waals surface area contributed by atoms with Gasteiger partial charge in [-0.1, -0.05) is 0 Å². The molecule has 1 heterocycles. The molecule has 0 atom stereocenters. The predicted molar refractivity (Wildman–Crippen MR) is 49.5 cm³/mol. The summed E-state index contributed by atoms with van der Waals surface area (Å²) in [6.45, 7) is 6.63. The van der Waals surface area contributed by atoms with E-state index in [9.17, 15) is 0 Å². The summed E-state index contributed by atoms with van der Waals surface area (Å²) in [5.41, 5.74) is 0. The molecule has 1 aliphatic rings. The van der Waals surface area contributed by atoms with Gasteiger partial charge in [0.15, 0.2) is 0 Å². The van der Waals surface area contributed by atoms with Gasteiger partial charge >= 0.3 is 10.5 Å². The first-order chi connectivity index (χ1) is 5.47. The Balaban J connectivity index is 3.10. The Kier molecular flexibility index (Phi) is 2.69. The molecule has 0 saturated carbocycles. The fourth-order valence-electron chi connectivity index (χ4n) is 0.496. The largest absolute Gasteiger partial charge is 0.395 e. The summed E-state index contributed by atoms with van der Waals surface area (Å²) in [7, 11) is 0.